The molecule has 32 heavy (non-hydrogen) atoms. The van der Waals surface area contributed by atoms with Gasteiger partial charge in [0.15, 0.2) is 0 Å². The fourth-order valence-corrected chi connectivity index (χ4v) is 3.28. The molecule has 4 aromatic rings. The lowest BCUT2D eigenvalue weighted by Gasteiger charge is -2.09. The fourth-order valence-electron chi connectivity index (χ4n) is 3.28. The van der Waals surface area contributed by atoms with E-state index in [1.165, 1.54) is 29.3 Å². The van der Waals surface area contributed by atoms with Crippen LogP contribution in [-0.4, -0.2) is 36.8 Å². The summed E-state index contributed by atoms with van der Waals surface area (Å²) in [7, 11) is 0. The summed E-state index contributed by atoms with van der Waals surface area (Å²) in [6.07, 6.45) is 3.99. The Morgan fingerprint density at radius 1 is 1.25 bits per heavy atom. The smallest absolute Gasteiger partial charge is 0.325 e. The van der Waals surface area contributed by atoms with Crippen LogP contribution in [0.1, 0.15) is 11.3 Å². The molecule has 0 radical (unpaired) electrons. The highest BCUT2D eigenvalue weighted by Crippen LogP contribution is 2.28. The van der Waals surface area contributed by atoms with Gasteiger partial charge in [0.25, 0.3) is 5.84 Å². The van der Waals surface area contributed by atoms with E-state index < -0.39 is 17.6 Å². The number of anilines is 1. The van der Waals surface area contributed by atoms with Crippen molar-refractivity contribution in [3.8, 4) is 11.1 Å². The van der Waals surface area contributed by atoms with E-state index in [1.807, 2.05) is 0 Å². The van der Waals surface area contributed by atoms with E-state index in [2.05, 4.69) is 15.2 Å². The zero-order valence-corrected chi connectivity index (χ0v) is 16.9. The summed E-state index contributed by atoms with van der Waals surface area (Å²) in [6, 6.07) is 5.82. The third-order valence-corrected chi connectivity index (χ3v) is 4.83. The molecule has 0 aliphatic heterocycles. The van der Waals surface area contributed by atoms with Crippen molar-refractivity contribution in [3.63, 3.8) is 0 Å². The number of nitrogen functional groups attached to an aromatic ring is 1. The lowest BCUT2D eigenvalue weighted by Crippen LogP contribution is -2.49. The molecule has 0 saturated heterocycles. The van der Waals surface area contributed by atoms with Gasteiger partial charge in [-0.05, 0) is 19.1 Å². The molecule has 3 heterocycles. The van der Waals surface area contributed by atoms with Gasteiger partial charge in [-0.15, -0.1) is 9.78 Å². The summed E-state index contributed by atoms with van der Waals surface area (Å²) < 4.78 is 32.4. The van der Waals surface area contributed by atoms with E-state index in [1.54, 1.807) is 19.1 Å². The number of nitrogens with zero attached hydrogens (tertiary/aromatic N) is 5. The first-order chi connectivity index (χ1) is 15.2. The molecule has 3 aromatic heterocycles. The van der Waals surface area contributed by atoms with Crippen molar-refractivity contribution in [1.29, 1.82) is 5.41 Å². The van der Waals surface area contributed by atoms with Crippen molar-refractivity contribution in [1.82, 2.24) is 19.9 Å². The third kappa shape index (κ3) is 4.00. The van der Waals surface area contributed by atoms with Gasteiger partial charge in [-0.3, -0.25) is 14.5 Å². The number of hydrogen-bond acceptors (Lipinski definition) is 6. The molecule has 0 aliphatic rings. The maximum Gasteiger partial charge on any atom is 0.325 e. The number of aromatic nitrogens is 5. The summed E-state index contributed by atoms with van der Waals surface area (Å²) >= 11 is 0. The molecule has 4 N–H and O–H groups in total. The Balaban J connectivity index is 1.72. The molecular formula is C21H18F2N7O2+. The predicted molar refractivity (Wildman–Crippen MR) is 111 cm³/mol. The van der Waals surface area contributed by atoms with Crippen LogP contribution in [0.15, 0.2) is 42.9 Å². The standard InChI is InChI=1S/C21H17F2N7O2/c1-11-2-3-18(24)30(28-11)19(25)5-14-16(22)6-17-15(21(14)23)4-12(7-26-17)13-8-27-29(9-13)10-20(31)32/h2-4,6-9,24-25H,5,10H2,1H3,(H,31,32)/p+1. The van der Waals surface area contributed by atoms with Gasteiger partial charge in [0, 0.05) is 46.6 Å². The number of pyridine rings is 1. The van der Waals surface area contributed by atoms with Gasteiger partial charge in [-0.1, -0.05) is 0 Å². The summed E-state index contributed by atoms with van der Waals surface area (Å²) in [6.45, 7) is 1.40. The second-order valence-corrected chi connectivity index (χ2v) is 7.20. The van der Waals surface area contributed by atoms with E-state index in [4.69, 9.17) is 16.2 Å². The number of hydrogen-bond donors (Lipinski definition) is 3. The molecule has 0 aliphatic carbocycles. The second-order valence-electron chi connectivity index (χ2n) is 7.20. The average molecular weight is 438 g/mol. The van der Waals surface area contributed by atoms with E-state index in [-0.39, 0.29) is 41.1 Å². The predicted octanol–water partition coefficient (Wildman–Crippen LogP) is 2.10. The van der Waals surface area contributed by atoms with Gasteiger partial charge >= 0.3 is 5.97 Å². The van der Waals surface area contributed by atoms with Crippen LogP contribution in [-0.2, 0) is 17.8 Å². The number of halogens is 2. The molecule has 0 saturated carbocycles. The van der Waals surface area contributed by atoms with Gasteiger partial charge in [-0.25, -0.2) is 8.78 Å². The molecule has 11 heteroatoms. The lowest BCUT2D eigenvalue weighted by atomic mass is 10.0. The molecule has 9 nitrogen and oxygen atoms in total. The van der Waals surface area contributed by atoms with Crippen LogP contribution in [0.2, 0.25) is 0 Å². The van der Waals surface area contributed by atoms with Crippen molar-refractivity contribution in [2.45, 2.75) is 19.9 Å². The summed E-state index contributed by atoms with van der Waals surface area (Å²) in [4.78, 5) is 15.0. The van der Waals surface area contributed by atoms with E-state index in [9.17, 15) is 9.18 Å². The Bertz CT molecular complexity index is 1380. The third-order valence-electron chi connectivity index (χ3n) is 4.83. The summed E-state index contributed by atoms with van der Waals surface area (Å²) in [5, 5.41) is 25.3. The molecule has 0 unspecified atom stereocenters. The Kier molecular flexibility index (Phi) is 5.31. The number of rotatable bonds is 5. The maximum atomic E-state index is 15.3. The first-order valence-corrected chi connectivity index (χ1v) is 9.47. The van der Waals surface area contributed by atoms with Crippen LogP contribution in [0.4, 0.5) is 14.6 Å². The number of carboxylic acid groups (broad SMARTS) is 1. The molecule has 0 fully saturated rings. The second kappa shape index (κ2) is 8.10. The van der Waals surface area contributed by atoms with Crippen molar-refractivity contribution in [3.05, 3.63) is 65.7 Å². The highest BCUT2D eigenvalue weighted by atomic mass is 19.1. The Morgan fingerprint density at radius 2 is 2.03 bits per heavy atom. The monoisotopic (exact) mass is 438 g/mol. The summed E-state index contributed by atoms with van der Waals surface area (Å²) in [5.41, 5.74) is 7.26. The van der Waals surface area contributed by atoms with E-state index in [0.717, 1.165) is 10.7 Å². The SMILES string of the molecule is Cc1ccc(N)[n+](C(=N)Cc2c(F)cc3ncc(-c4cnn(CC(=O)O)c4)cc3c2F)n1. The van der Waals surface area contributed by atoms with E-state index in [0.29, 0.717) is 16.8 Å². The van der Waals surface area contributed by atoms with Crippen LogP contribution < -0.4 is 10.4 Å². The first-order valence-electron chi connectivity index (χ1n) is 9.47. The van der Waals surface area contributed by atoms with Crippen molar-refractivity contribution < 1.29 is 23.4 Å². The van der Waals surface area contributed by atoms with Crippen LogP contribution >= 0.6 is 0 Å². The minimum Gasteiger partial charge on any atom is -0.480 e. The minimum absolute atomic E-state index is 0.0628. The zero-order chi connectivity index (χ0) is 23.0. The average Bonchev–Trinajstić information content (AvgIpc) is 3.20. The topological polar surface area (TPSA) is 135 Å². The van der Waals surface area contributed by atoms with Crippen molar-refractivity contribution in [2.75, 3.05) is 5.73 Å². The molecule has 162 valence electrons. The number of nitrogens with one attached hydrogen (secondary N) is 1. The molecule has 0 atom stereocenters. The normalized spacial score (nSPS) is 11.1. The van der Waals surface area contributed by atoms with Crippen molar-refractivity contribution in [2.24, 2.45) is 0 Å². The molecular weight excluding hydrogens is 420 g/mol. The number of carboxylic acids is 1. The Labute approximate surface area is 180 Å². The number of nitrogens with two attached hydrogens (primary N) is 1. The Morgan fingerprint density at radius 3 is 2.78 bits per heavy atom. The number of benzene rings is 1. The lowest BCUT2D eigenvalue weighted by molar-refractivity contribution is -0.610. The zero-order valence-electron chi connectivity index (χ0n) is 16.9. The highest BCUT2D eigenvalue weighted by Gasteiger charge is 2.21. The number of fused-ring (bicyclic) bond motifs is 1. The van der Waals surface area contributed by atoms with Gasteiger partial charge in [0.05, 0.1) is 23.8 Å². The number of aryl methyl sites for hydroxylation is 1. The van der Waals surface area contributed by atoms with Crippen LogP contribution in [0, 0.1) is 24.0 Å². The number of aliphatic carboxylic acids is 1. The molecule has 0 spiro atoms. The van der Waals surface area contributed by atoms with Crippen molar-refractivity contribution >= 4 is 28.5 Å². The molecule has 1 aromatic carbocycles. The fraction of sp³-hybridized carbons (Fsp3) is 0.143. The van der Waals surface area contributed by atoms with Gasteiger partial charge < -0.3 is 10.8 Å². The van der Waals surface area contributed by atoms with E-state index >= 15 is 4.39 Å². The van der Waals surface area contributed by atoms with Crippen LogP contribution in [0.3, 0.4) is 0 Å². The molecule has 0 amide bonds. The molecule has 0 bridgehead atoms. The van der Waals surface area contributed by atoms with Gasteiger partial charge in [0.2, 0.25) is 5.82 Å². The highest BCUT2D eigenvalue weighted by molar-refractivity contribution is 5.86. The van der Waals surface area contributed by atoms with Crippen LogP contribution in [0.25, 0.3) is 22.0 Å². The first kappa shape index (κ1) is 21.0. The van der Waals surface area contributed by atoms with Gasteiger partial charge in [-0.2, -0.15) is 10.5 Å². The summed E-state index contributed by atoms with van der Waals surface area (Å²) in [5.74, 6) is -2.75. The number of carbonyl (C=O) groups is 1. The van der Waals surface area contributed by atoms with Crippen LogP contribution in [0.5, 0.6) is 0 Å². The molecule has 4 rings (SSSR count). The quantitative estimate of drug-likeness (QED) is 0.248. The minimum atomic E-state index is -1.05. The maximum absolute atomic E-state index is 15.3. The Hall–Kier alpha value is -4.28. The largest absolute Gasteiger partial charge is 0.480 e. The van der Waals surface area contributed by atoms with Gasteiger partial charge in [0.1, 0.15) is 18.2 Å².